The van der Waals surface area contributed by atoms with E-state index in [9.17, 15) is 4.79 Å². The topological polar surface area (TPSA) is 81.4 Å². The van der Waals surface area contributed by atoms with Crippen LogP contribution in [0.1, 0.15) is 28.4 Å². The molecule has 0 bridgehead atoms. The highest BCUT2D eigenvalue weighted by Crippen LogP contribution is 2.15. The fourth-order valence-electron chi connectivity index (χ4n) is 2.47. The number of aryl methyl sites for hydroxylation is 2. The van der Waals surface area contributed by atoms with Crippen molar-refractivity contribution in [2.75, 3.05) is 19.7 Å². The van der Waals surface area contributed by atoms with Crippen molar-refractivity contribution in [3.8, 4) is 0 Å². The minimum Gasteiger partial charge on any atom is -0.375 e. The number of carbonyl (C=O) groups is 1. The maximum atomic E-state index is 12.3. The Bertz CT molecular complexity index is 629. The summed E-state index contributed by atoms with van der Waals surface area (Å²) in [6.45, 7) is 3.46. The van der Waals surface area contributed by atoms with E-state index in [4.69, 9.17) is 9.26 Å². The normalized spacial score (nSPS) is 18.4. The first-order chi connectivity index (χ1) is 10.7. The molecule has 3 heterocycles. The van der Waals surface area contributed by atoms with Crippen molar-refractivity contribution in [2.24, 2.45) is 0 Å². The van der Waals surface area contributed by atoms with Gasteiger partial charge in [0.2, 0.25) is 5.76 Å². The molecule has 0 unspecified atom stereocenters. The van der Waals surface area contributed by atoms with Gasteiger partial charge >= 0.3 is 0 Å². The second-order valence-corrected chi connectivity index (χ2v) is 5.32. The first kappa shape index (κ1) is 14.6. The predicted octanol–water partition coefficient (Wildman–Crippen LogP) is 1.25. The van der Waals surface area contributed by atoms with E-state index >= 15 is 0 Å². The molecular weight excluding hydrogens is 284 g/mol. The van der Waals surface area contributed by atoms with Gasteiger partial charge in [-0.25, -0.2) is 9.97 Å². The first-order valence-corrected chi connectivity index (χ1v) is 7.31. The Morgan fingerprint density at radius 2 is 2.41 bits per heavy atom. The van der Waals surface area contributed by atoms with Crippen LogP contribution < -0.4 is 0 Å². The molecule has 22 heavy (non-hydrogen) atoms. The van der Waals surface area contributed by atoms with Crippen molar-refractivity contribution in [3.63, 3.8) is 0 Å². The highest BCUT2D eigenvalue weighted by atomic mass is 16.5. The Kier molecular flexibility index (Phi) is 4.43. The standard InChI is InChI=1S/C15H18N4O3/c1-11-8-14(22-18-11)15(20)19-6-7-21-13(9-19)3-2-12-4-5-16-10-17-12/h4-5,8,10,13H,2-3,6-7,9H2,1H3/t13-/m0/s1. The van der Waals surface area contributed by atoms with Gasteiger partial charge in [-0.15, -0.1) is 0 Å². The van der Waals surface area contributed by atoms with Gasteiger partial charge in [-0.2, -0.15) is 0 Å². The van der Waals surface area contributed by atoms with Crippen LogP contribution in [0.5, 0.6) is 0 Å². The smallest absolute Gasteiger partial charge is 0.292 e. The molecule has 0 saturated carbocycles. The minimum absolute atomic E-state index is 0.0108. The molecule has 0 spiro atoms. The van der Waals surface area contributed by atoms with Crippen molar-refractivity contribution < 1.29 is 14.1 Å². The molecule has 116 valence electrons. The van der Waals surface area contributed by atoms with Crippen LogP contribution in [0.4, 0.5) is 0 Å². The van der Waals surface area contributed by atoms with Crippen molar-refractivity contribution in [1.29, 1.82) is 0 Å². The van der Waals surface area contributed by atoms with Crippen molar-refractivity contribution in [3.05, 3.63) is 41.8 Å². The Balaban J connectivity index is 1.56. The lowest BCUT2D eigenvalue weighted by atomic mass is 10.1. The highest BCUT2D eigenvalue weighted by molar-refractivity contribution is 5.91. The summed E-state index contributed by atoms with van der Waals surface area (Å²) in [5, 5.41) is 3.76. The largest absolute Gasteiger partial charge is 0.375 e. The lowest BCUT2D eigenvalue weighted by Gasteiger charge is -2.32. The third-order valence-corrected chi connectivity index (χ3v) is 3.63. The van der Waals surface area contributed by atoms with E-state index in [-0.39, 0.29) is 17.8 Å². The van der Waals surface area contributed by atoms with Crippen LogP contribution in [0, 0.1) is 6.92 Å². The summed E-state index contributed by atoms with van der Waals surface area (Å²) in [7, 11) is 0. The van der Waals surface area contributed by atoms with Gasteiger partial charge in [0, 0.05) is 31.0 Å². The Morgan fingerprint density at radius 3 is 3.14 bits per heavy atom. The van der Waals surface area contributed by atoms with Crippen LogP contribution >= 0.6 is 0 Å². The average Bonchev–Trinajstić information content (AvgIpc) is 3.00. The molecule has 7 heteroatoms. The molecule has 2 aromatic heterocycles. The van der Waals surface area contributed by atoms with Crippen LogP contribution in [0.3, 0.4) is 0 Å². The number of carbonyl (C=O) groups excluding carboxylic acids is 1. The van der Waals surface area contributed by atoms with E-state index in [0.29, 0.717) is 25.4 Å². The van der Waals surface area contributed by atoms with Gasteiger partial charge in [-0.3, -0.25) is 4.79 Å². The molecule has 1 aliphatic rings. The summed E-state index contributed by atoms with van der Waals surface area (Å²) in [5.41, 5.74) is 1.69. The number of morpholine rings is 1. The molecule has 1 aliphatic heterocycles. The number of hydrogen-bond donors (Lipinski definition) is 0. The molecule has 1 fully saturated rings. The van der Waals surface area contributed by atoms with Gasteiger partial charge in [-0.1, -0.05) is 5.16 Å². The maximum Gasteiger partial charge on any atom is 0.292 e. The van der Waals surface area contributed by atoms with Gasteiger partial charge in [0.25, 0.3) is 5.91 Å². The molecule has 0 radical (unpaired) electrons. The fourth-order valence-corrected chi connectivity index (χ4v) is 2.47. The second kappa shape index (κ2) is 6.65. The monoisotopic (exact) mass is 302 g/mol. The molecule has 1 saturated heterocycles. The van der Waals surface area contributed by atoms with Crippen LogP contribution in [0.2, 0.25) is 0 Å². The van der Waals surface area contributed by atoms with E-state index < -0.39 is 0 Å². The van der Waals surface area contributed by atoms with Crippen LogP contribution in [-0.4, -0.2) is 51.7 Å². The maximum absolute atomic E-state index is 12.3. The highest BCUT2D eigenvalue weighted by Gasteiger charge is 2.27. The van der Waals surface area contributed by atoms with Crippen molar-refractivity contribution in [1.82, 2.24) is 20.0 Å². The lowest BCUT2D eigenvalue weighted by molar-refractivity contribution is -0.0258. The third-order valence-electron chi connectivity index (χ3n) is 3.63. The minimum atomic E-state index is -0.129. The van der Waals surface area contributed by atoms with Gasteiger partial charge in [0.15, 0.2) is 0 Å². The molecule has 0 aliphatic carbocycles. The Hall–Kier alpha value is -2.28. The zero-order chi connectivity index (χ0) is 15.4. The lowest BCUT2D eigenvalue weighted by Crippen LogP contribution is -2.45. The Labute approximate surface area is 128 Å². The van der Waals surface area contributed by atoms with Gasteiger partial charge in [0.05, 0.1) is 18.4 Å². The molecule has 2 aromatic rings. The summed E-state index contributed by atoms with van der Waals surface area (Å²) in [4.78, 5) is 22.2. The summed E-state index contributed by atoms with van der Waals surface area (Å²) < 4.78 is 10.8. The predicted molar refractivity (Wildman–Crippen MR) is 77.2 cm³/mol. The van der Waals surface area contributed by atoms with Crippen LogP contribution in [0.15, 0.2) is 29.2 Å². The summed E-state index contributed by atoms with van der Waals surface area (Å²) >= 11 is 0. The van der Waals surface area contributed by atoms with E-state index in [1.165, 1.54) is 0 Å². The van der Waals surface area contributed by atoms with E-state index in [1.54, 1.807) is 30.4 Å². The van der Waals surface area contributed by atoms with Crippen LogP contribution in [-0.2, 0) is 11.2 Å². The molecule has 7 nitrogen and oxygen atoms in total. The number of aromatic nitrogens is 3. The van der Waals surface area contributed by atoms with Gasteiger partial charge < -0.3 is 14.2 Å². The quantitative estimate of drug-likeness (QED) is 0.845. The Morgan fingerprint density at radius 1 is 1.50 bits per heavy atom. The molecule has 0 N–H and O–H groups in total. The van der Waals surface area contributed by atoms with E-state index in [2.05, 4.69) is 15.1 Å². The molecule has 0 aromatic carbocycles. The molecule has 1 atom stereocenters. The SMILES string of the molecule is Cc1cc(C(=O)N2CCO[C@@H](CCc3ccncn3)C2)on1. The third kappa shape index (κ3) is 3.48. The van der Waals surface area contributed by atoms with Gasteiger partial charge in [0.1, 0.15) is 6.33 Å². The second-order valence-electron chi connectivity index (χ2n) is 5.32. The van der Waals surface area contributed by atoms with Crippen molar-refractivity contribution in [2.45, 2.75) is 25.9 Å². The summed E-state index contributed by atoms with van der Waals surface area (Å²) in [6, 6.07) is 3.55. The molecular formula is C15H18N4O3. The van der Waals surface area contributed by atoms with E-state index in [0.717, 1.165) is 18.5 Å². The fraction of sp³-hybridized carbons (Fsp3) is 0.467. The number of nitrogens with zero attached hydrogens (tertiary/aromatic N) is 4. The number of hydrogen-bond acceptors (Lipinski definition) is 6. The van der Waals surface area contributed by atoms with Crippen LogP contribution in [0.25, 0.3) is 0 Å². The first-order valence-electron chi connectivity index (χ1n) is 7.31. The number of ether oxygens (including phenoxy) is 1. The summed E-state index contributed by atoms with van der Waals surface area (Å²) in [5.74, 6) is 0.157. The number of amides is 1. The number of rotatable bonds is 4. The zero-order valence-corrected chi connectivity index (χ0v) is 12.4. The van der Waals surface area contributed by atoms with Gasteiger partial charge in [-0.05, 0) is 25.8 Å². The average molecular weight is 302 g/mol. The summed E-state index contributed by atoms with van der Waals surface area (Å²) in [6.07, 6.45) is 4.90. The zero-order valence-electron chi connectivity index (χ0n) is 12.4. The molecule has 1 amide bonds. The van der Waals surface area contributed by atoms with E-state index in [1.807, 2.05) is 6.07 Å². The van der Waals surface area contributed by atoms with Crippen molar-refractivity contribution >= 4 is 5.91 Å². The molecule has 3 rings (SSSR count).